The fourth-order valence-corrected chi connectivity index (χ4v) is 1.34. The Morgan fingerprint density at radius 1 is 1.41 bits per heavy atom. The summed E-state index contributed by atoms with van der Waals surface area (Å²) in [5, 5.41) is 9.04. The minimum absolute atomic E-state index is 0.0521. The van der Waals surface area contributed by atoms with E-state index in [9.17, 15) is 9.59 Å². The van der Waals surface area contributed by atoms with Gasteiger partial charge in [-0.2, -0.15) is 0 Å². The predicted octanol–water partition coefficient (Wildman–Crippen LogP) is 1.61. The SMILES string of the molecule is COC(=O)CC#Cc1cccc(C)c1C(=O)O. The minimum atomic E-state index is -1.02. The van der Waals surface area contributed by atoms with E-state index in [0.717, 1.165) is 0 Å². The maximum absolute atomic E-state index is 11.0. The van der Waals surface area contributed by atoms with Crippen molar-refractivity contribution in [2.45, 2.75) is 13.3 Å². The summed E-state index contributed by atoms with van der Waals surface area (Å²) in [6.07, 6.45) is -0.0521. The topological polar surface area (TPSA) is 63.6 Å². The number of methoxy groups -OCH3 is 1. The molecule has 0 saturated heterocycles. The van der Waals surface area contributed by atoms with Crippen LogP contribution in [-0.4, -0.2) is 24.2 Å². The quantitative estimate of drug-likeness (QED) is 0.621. The zero-order chi connectivity index (χ0) is 12.8. The number of carboxylic acid groups (broad SMARTS) is 1. The Hall–Kier alpha value is -2.28. The van der Waals surface area contributed by atoms with E-state index in [2.05, 4.69) is 16.6 Å². The number of carbonyl (C=O) groups excluding carboxylic acids is 1. The maximum Gasteiger partial charge on any atom is 0.337 e. The highest BCUT2D eigenvalue weighted by atomic mass is 16.5. The first-order valence-corrected chi connectivity index (χ1v) is 4.95. The maximum atomic E-state index is 11.0. The molecular formula is C13H12O4. The second-order valence-corrected chi connectivity index (χ2v) is 3.36. The number of rotatable bonds is 2. The third-order valence-electron chi connectivity index (χ3n) is 2.17. The van der Waals surface area contributed by atoms with Gasteiger partial charge in [-0.15, -0.1) is 0 Å². The Morgan fingerprint density at radius 3 is 2.71 bits per heavy atom. The van der Waals surface area contributed by atoms with Crippen LogP contribution in [0, 0.1) is 18.8 Å². The van der Waals surface area contributed by atoms with Crippen molar-refractivity contribution in [2.75, 3.05) is 7.11 Å². The number of aromatic carboxylic acids is 1. The fourth-order valence-electron chi connectivity index (χ4n) is 1.34. The summed E-state index contributed by atoms with van der Waals surface area (Å²) in [5.41, 5.74) is 1.22. The van der Waals surface area contributed by atoms with Crippen LogP contribution in [0.3, 0.4) is 0 Å². The van der Waals surface area contributed by atoms with E-state index in [0.29, 0.717) is 11.1 Å². The number of esters is 1. The third kappa shape index (κ3) is 3.35. The van der Waals surface area contributed by atoms with E-state index >= 15 is 0 Å². The fraction of sp³-hybridized carbons (Fsp3) is 0.231. The largest absolute Gasteiger partial charge is 0.478 e. The molecule has 1 aromatic rings. The van der Waals surface area contributed by atoms with E-state index in [1.807, 2.05) is 0 Å². The normalized spacial score (nSPS) is 9.06. The van der Waals surface area contributed by atoms with Gasteiger partial charge in [0.2, 0.25) is 0 Å². The average Bonchev–Trinajstić information content (AvgIpc) is 2.28. The van der Waals surface area contributed by atoms with Gasteiger partial charge in [0.25, 0.3) is 0 Å². The van der Waals surface area contributed by atoms with Gasteiger partial charge in [0.1, 0.15) is 6.42 Å². The lowest BCUT2D eigenvalue weighted by molar-refractivity contribution is -0.139. The standard InChI is InChI=1S/C13H12O4/c1-9-5-3-6-10(12(9)13(15)16)7-4-8-11(14)17-2/h3,5-6H,8H2,1-2H3,(H,15,16). The van der Waals surface area contributed by atoms with Crippen molar-refractivity contribution in [2.24, 2.45) is 0 Å². The van der Waals surface area contributed by atoms with Crippen LogP contribution in [0.25, 0.3) is 0 Å². The number of carboxylic acids is 1. The first kappa shape index (κ1) is 12.8. The van der Waals surface area contributed by atoms with E-state index in [-0.39, 0.29) is 12.0 Å². The highest BCUT2D eigenvalue weighted by Crippen LogP contribution is 2.13. The second-order valence-electron chi connectivity index (χ2n) is 3.36. The minimum Gasteiger partial charge on any atom is -0.478 e. The summed E-state index contributed by atoms with van der Waals surface area (Å²) in [4.78, 5) is 21.9. The molecule has 4 nitrogen and oxygen atoms in total. The van der Waals surface area contributed by atoms with Crippen molar-refractivity contribution in [3.8, 4) is 11.8 Å². The van der Waals surface area contributed by atoms with Gasteiger partial charge in [0.15, 0.2) is 0 Å². The number of ether oxygens (including phenoxy) is 1. The molecule has 0 radical (unpaired) electrons. The molecule has 1 rings (SSSR count). The molecule has 0 heterocycles. The number of hydrogen-bond donors (Lipinski definition) is 1. The lowest BCUT2D eigenvalue weighted by Gasteiger charge is -2.02. The van der Waals surface area contributed by atoms with Gasteiger partial charge in [-0.1, -0.05) is 24.0 Å². The molecule has 0 aliphatic heterocycles. The molecule has 0 atom stereocenters. The zero-order valence-electron chi connectivity index (χ0n) is 9.61. The second kappa shape index (κ2) is 5.71. The smallest absolute Gasteiger partial charge is 0.337 e. The van der Waals surface area contributed by atoms with Crippen molar-refractivity contribution < 1.29 is 19.4 Å². The molecule has 1 N–H and O–H groups in total. The summed E-state index contributed by atoms with van der Waals surface area (Å²) in [5.74, 6) is 3.79. The Labute approximate surface area is 99.2 Å². The molecular weight excluding hydrogens is 220 g/mol. The Balaban J connectivity index is 3.02. The molecule has 0 spiro atoms. The molecule has 4 heteroatoms. The van der Waals surface area contributed by atoms with Gasteiger partial charge in [-0.3, -0.25) is 4.79 Å². The summed E-state index contributed by atoms with van der Waals surface area (Å²) < 4.78 is 4.43. The molecule has 0 saturated carbocycles. The van der Waals surface area contributed by atoms with Crippen LogP contribution in [-0.2, 0) is 9.53 Å². The van der Waals surface area contributed by atoms with Gasteiger partial charge in [0, 0.05) is 5.56 Å². The lowest BCUT2D eigenvalue weighted by Crippen LogP contribution is -2.03. The predicted molar refractivity (Wildman–Crippen MR) is 61.6 cm³/mol. The highest BCUT2D eigenvalue weighted by Gasteiger charge is 2.10. The van der Waals surface area contributed by atoms with Crippen molar-refractivity contribution in [1.29, 1.82) is 0 Å². The van der Waals surface area contributed by atoms with Gasteiger partial charge in [0.05, 0.1) is 12.7 Å². The van der Waals surface area contributed by atoms with E-state index in [1.54, 1.807) is 25.1 Å². The zero-order valence-corrected chi connectivity index (χ0v) is 9.61. The number of benzene rings is 1. The van der Waals surface area contributed by atoms with Gasteiger partial charge in [-0.25, -0.2) is 4.79 Å². The van der Waals surface area contributed by atoms with Gasteiger partial charge < -0.3 is 9.84 Å². The number of aryl methyl sites for hydroxylation is 1. The van der Waals surface area contributed by atoms with Crippen molar-refractivity contribution in [3.05, 3.63) is 34.9 Å². The van der Waals surface area contributed by atoms with Crippen LogP contribution < -0.4 is 0 Å². The number of hydrogen-bond acceptors (Lipinski definition) is 3. The van der Waals surface area contributed by atoms with Crippen LogP contribution in [0.4, 0.5) is 0 Å². The lowest BCUT2D eigenvalue weighted by atomic mass is 10.0. The number of carbonyl (C=O) groups is 2. The van der Waals surface area contributed by atoms with E-state index in [1.165, 1.54) is 7.11 Å². The summed E-state index contributed by atoms with van der Waals surface area (Å²) >= 11 is 0. The van der Waals surface area contributed by atoms with Crippen LogP contribution in [0.2, 0.25) is 0 Å². The Morgan fingerprint density at radius 2 is 2.12 bits per heavy atom. The summed E-state index contributed by atoms with van der Waals surface area (Å²) in [6.45, 7) is 1.70. The van der Waals surface area contributed by atoms with Gasteiger partial charge >= 0.3 is 11.9 Å². The summed E-state index contributed by atoms with van der Waals surface area (Å²) in [6, 6.07) is 5.04. The van der Waals surface area contributed by atoms with Crippen LogP contribution >= 0.6 is 0 Å². The molecule has 1 aromatic carbocycles. The van der Waals surface area contributed by atoms with Crippen LogP contribution in [0.5, 0.6) is 0 Å². The molecule has 0 unspecified atom stereocenters. The van der Waals surface area contributed by atoms with Crippen molar-refractivity contribution in [3.63, 3.8) is 0 Å². The Kier molecular flexibility index (Phi) is 4.29. The van der Waals surface area contributed by atoms with E-state index in [4.69, 9.17) is 5.11 Å². The highest BCUT2D eigenvalue weighted by molar-refractivity contribution is 5.92. The average molecular weight is 232 g/mol. The molecule has 0 bridgehead atoms. The van der Waals surface area contributed by atoms with Crippen molar-refractivity contribution >= 4 is 11.9 Å². The molecule has 0 aliphatic carbocycles. The molecule has 0 aliphatic rings. The molecule has 17 heavy (non-hydrogen) atoms. The van der Waals surface area contributed by atoms with Crippen molar-refractivity contribution in [1.82, 2.24) is 0 Å². The Bertz CT molecular complexity index is 506. The molecule has 0 aromatic heterocycles. The molecule has 0 fully saturated rings. The van der Waals surface area contributed by atoms with Crippen LogP contribution in [0.1, 0.15) is 27.9 Å². The first-order valence-electron chi connectivity index (χ1n) is 4.95. The monoisotopic (exact) mass is 232 g/mol. The van der Waals surface area contributed by atoms with E-state index < -0.39 is 11.9 Å². The third-order valence-corrected chi connectivity index (χ3v) is 2.17. The molecule has 88 valence electrons. The summed E-state index contributed by atoms with van der Waals surface area (Å²) in [7, 11) is 1.28. The van der Waals surface area contributed by atoms with Gasteiger partial charge in [-0.05, 0) is 18.6 Å². The van der Waals surface area contributed by atoms with Crippen LogP contribution in [0.15, 0.2) is 18.2 Å². The molecule has 0 amide bonds. The first-order chi connectivity index (χ1) is 8.06.